The van der Waals surface area contributed by atoms with Gasteiger partial charge in [0.2, 0.25) is 0 Å². The Balaban J connectivity index is 2.34. The molecule has 0 aliphatic heterocycles. The molecule has 0 saturated carbocycles. The van der Waals surface area contributed by atoms with Crippen molar-refractivity contribution in [1.29, 1.82) is 0 Å². The van der Waals surface area contributed by atoms with Crippen LogP contribution >= 0.6 is 0 Å². The van der Waals surface area contributed by atoms with Crippen molar-refractivity contribution in [2.24, 2.45) is 5.92 Å². The highest BCUT2D eigenvalue weighted by Gasteiger charge is 2.19. The van der Waals surface area contributed by atoms with E-state index in [1.165, 1.54) is 24.8 Å². The number of nitrogens with one attached hydrogen (secondary N) is 1. The molecule has 1 aromatic rings. The third kappa shape index (κ3) is 6.19. The Labute approximate surface area is 131 Å². The molecule has 2 unspecified atom stereocenters. The minimum atomic E-state index is 0.629. The molecule has 2 nitrogen and oxygen atoms in total. The number of benzene rings is 1. The Morgan fingerprint density at radius 2 is 1.67 bits per heavy atom. The third-order valence-electron chi connectivity index (χ3n) is 4.73. The summed E-state index contributed by atoms with van der Waals surface area (Å²) in [7, 11) is 4.41. The Bertz CT molecular complexity index is 357. The summed E-state index contributed by atoms with van der Waals surface area (Å²) in [5.41, 5.74) is 1.45. The van der Waals surface area contributed by atoms with Gasteiger partial charge in [-0.05, 0) is 44.5 Å². The average Bonchev–Trinajstić information content (AvgIpc) is 2.50. The monoisotopic (exact) mass is 290 g/mol. The van der Waals surface area contributed by atoms with Crippen molar-refractivity contribution < 1.29 is 0 Å². The minimum absolute atomic E-state index is 0.629. The Kier molecular flexibility index (Phi) is 8.63. The SMILES string of the molecule is CCC(CC)C(CNCCC(C)c1ccccc1)N(C)C. The van der Waals surface area contributed by atoms with Gasteiger partial charge in [-0.1, -0.05) is 63.9 Å². The Morgan fingerprint density at radius 1 is 1.05 bits per heavy atom. The number of likely N-dealkylation sites (N-methyl/N-ethyl adjacent to an activating group) is 1. The lowest BCUT2D eigenvalue weighted by Gasteiger charge is -2.31. The van der Waals surface area contributed by atoms with Crippen LogP contribution in [0.3, 0.4) is 0 Å². The van der Waals surface area contributed by atoms with Gasteiger partial charge in [-0.3, -0.25) is 0 Å². The second-order valence-electron chi connectivity index (χ2n) is 6.41. The van der Waals surface area contributed by atoms with Gasteiger partial charge in [-0.15, -0.1) is 0 Å². The molecule has 0 heterocycles. The molecule has 0 amide bonds. The minimum Gasteiger partial charge on any atom is -0.315 e. The highest BCUT2D eigenvalue weighted by molar-refractivity contribution is 5.18. The molecule has 0 aliphatic rings. The molecule has 0 saturated heterocycles. The van der Waals surface area contributed by atoms with Crippen molar-refractivity contribution in [3.05, 3.63) is 35.9 Å². The van der Waals surface area contributed by atoms with Crippen molar-refractivity contribution in [2.45, 2.75) is 52.0 Å². The van der Waals surface area contributed by atoms with Crippen LogP contribution in [0.1, 0.15) is 51.5 Å². The predicted octanol–water partition coefficient (Wildman–Crippen LogP) is 4.14. The maximum absolute atomic E-state index is 3.67. The maximum Gasteiger partial charge on any atom is 0.0242 e. The summed E-state index contributed by atoms with van der Waals surface area (Å²) in [6, 6.07) is 11.5. The zero-order valence-electron chi connectivity index (χ0n) is 14.6. The summed E-state index contributed by atoms with van der Waals surface area (Å²) in [5, 5.41) is 3.67. The van der Waals surface area contributed by atoms with Crippen LogP contribution in [0.4, 0.5) is 0 Å². The molecule has 21 heavy (non-hydrogen) atoms. The lowest BCUT2D eigenvalue weighted by molar-refractivity contribution is 0.194. The van der Waals surface area contributed by atoms with E-state index in [1.54, 1.807) is 0 Å². The van der Waals surface area contributed by atoms with Crippen molar-refractivity contribution in [3.63, 3.8) is 0 Å². The van der Waals surface area contributed by atoms with Crippen LogP contribution in [0.25, 0.3) is 0 Å². The summed E-state index contributed by atoms with van der Waals surface area (Å²) >= 11 is 0. The molecule has 2 heteroatoms. The van der Waals surface area contributed by atoms with Crippen molar-refractivity contribution in [1.82, 2.24) is 10.2 Å². The van der Waals surface area contributed by atoms with E-state index < -0.39 is 0 Å². The highest BCUT2D eigenvalue weighted by atomic mass is 15.1. The van der Waals surface area contributed by atoms with Crippen LogP contribution in [0.15, 0.2) is 30.3 Å². The second kappa shape index (κ2) is 9.97. The van der Waals surface area contributed by atoms with Gasteiger partial charge in [0.1, 0.15) is 0 Å². The van der Waals surface area contributed by atoms with E-state index in [2.05, 4.69) is 75.4 Å². The molecule has 0 spiro atoms. The summed E-state index contributed by atoms with van der Waals surface area (Å²) in [6.07, 6.45) is 3.73. The van der Waals surface area contributed by atoms with Gasteiger partial charge in [-0.25, -0.2) is 0 Å². The van der Waals surface area contributed by atoms with Crippen LogP contribution in [-0.2, 0) is 0 Å². The number of hydrogen-bond acceptors (Lipinski definition) is 2. The van der Waals surface area contributed by atoms with E-state index in [9.17, 15) is 0 Å². The van der Waals surface area contributed by atoms with E-state index in [0.717, 1.165) is 19.0 Å². The molecule has 120 valence electrons. The molecular weight excluding hydrogens is 256 g/mol. The summed E-state index contributed by atoms with van der Waals surface area (Å²) in [4.78, 5) is 2.38. The van der Waals surface area contributed by atoms with Crippen LogP contribution in [0.5, 0.6) is 0 Å². The smallest absolute Gasteiger partial charge is 0.0242 e. The van der Waals surface area contributed by atoms with E-state index >= 15 is 0 Å². The van der Waals surface area contributed by atoms with Crippen LogP contribution in [0.2, 0.25) is 0 Å². The van der Waals surface area contributed by atoms with Gasteiger partial charge in [0.15, 0.2) is 0 Å². The molecule has 1 N–H and O–H groups in total. The fraction of sp³-hybridized carbons (Fsp3) is 0.684. The van der Waals surface area contributed by atoms with E-state index in [0.29, 0.717) is 12.0 Å². The third-order valence-corrected chi connectivity index (χ3v) is 4.73. The van der Waals surface area contributed by atoms with E-state index in [-0.39, 0.29) is 0 Å². The van der Waals surface area contributed by atoms with E-state index in [1.807, 2.05) is 0 Å². The van der Waals surface area contributed by atoms with Gasteiger partial charge < -0.3 is 10.2 Å². The largest absolute Gasteiger partial charge is 0.315 e. The number of hydrogen-bond donors (Lipinski definition) is 1. The predicted molar refractivity (Wildman–Crippen MR) is 93.9 cm³/mol. The second-order valence-corrected chi connectivity index (χ2v) is 6.41. The molecule has 1 aromatic carbocycles. The first-order chi connectivity index (χ1) is 10.1. The summed E-state index contributed by atoms with van der Waals surface area (Å²) in [5.74, 6) is 1.42. The first-order valence-corrected chi connectivity index (χ1v) is 8.52. The first-order valence-electron chi connectivity index (χ1n) is 8.52. The van der Waals surface area contributed by atoms with Crippen molar-refractivity contribution in [3.8, 4) is 0 Å². The highest BCUT2D eigenvalue weighted by Crippen LogP contribution is 2.18. The Morgan fingerprint density at radius 3 is 2.19 bits per heavy atom. The van der Waals surface area contributed by atoms with Crippen molar-refractivity contribution in [2.75, 3.05) is 27.2 Å². The van der Waals surface area contributed by atoms with Crippen molar-refractivity contribution >= 4 is 0 Å². The fourth-order valence-electron chi connectivity index (χ4n) is 3.12. The number of nitrogens with zero attached hydrogens (tertiary/aromatic N) is 1. The quantitative estimate of drug-likeness (QED) is 0.652. The van der Waals surface area contributed by atoms with E-state index in [4.69, 9.17) is 0 Å². The lowest BCUT2D eigenvalue weighted by atomic mass is 9.93. The summed E-state index contributed by atoms with van der Waals surface area (Å²) in [6.45, 7) is 9.13. The molecular formula is C19H34N2. The molecule has 0 fully saturated rings. The Hall–Kier alpha value is -0.860. The zero-order chi connectivity index (χ0) is 15.7. The van der Waals surface area contributed by atoms with Gasteiger partial charge >= 0.3 is 0 Å². The molecule has 0 aliphatic carbocycles. The van der Waals surface area contributed by atoms with Gasteiger partial charge in [0.25, 0.3) is 0 Å². The van der Waals surface area contributed by atoms with Gasteiger partial charge in [0.05, 0.1) is 0 Å². The first kappa shape index (κ1) is 18.2. The van der Waals surface area contributed by atoms with Crippen LogP contribution < -0.4 is 5.32 Å². The lowest BCUT2D eigenvalue weighted by Crippen LogP contribution is -2.43. The number of rotatable bonds is 10. The zero-order valence-corrected chi connectivity index (χ0v) is 14.6. The average molecular weight is 290 g/mol. The summed E-state index contributed by atoms with van der Waals surface area (Å²) < 4.78 is 0. The normalized spacial score (nSPS) is 14.6. The van der Waals surface area contributed by atoms with Crippen LogP contribution in [-0.4, -0.2) is 38.1 Å². The molecule has 0 bridgehead atoms. The van der Waals surface area contributed by atoms with Crippen LogP contribution in [0, 0.1) is 5.92 Å². The molecule has 2 atom stereocenters. The fourth-order valence-corrected chi connectivity index (χ4v) is 3.12. The standard InChI is InChI=1S/C19H34N2/c1-6-17(7-2)19(21(4)5)15-20-14-13-16(3)18-11-9-8-10-12-18/h8-12,16-17,19-20H,6-7,13-15H2,1-5H3. The maximum atomic E-state index is 3.67. The molecule has 0 aromatic heterocycles. The topological polar surface area (TPSA) is 15.3 Å². The molecule has 0 radical (unpaired) electrons. The van der Waals surface area contributed by atoms with Gasteiger partial charge in [0, 0.05) is 12.6 Å². The van der Waals surface area contributed by atoms with Gasteiger partial charge in [-0.2, -0.15) is 0 Å². The molecule has 1 rings (SSSR count).